The minimum atomic E-state index is -4.20. The van der Waals surface area contributed by atoms with E-state index < -0.39 is 18.6 Å². The molecule has 24 heavy (non-hydrogen) atoms. The van der Waals surface area contributed by atoms with Crippen LogP contribution in [0.2, 0.25) is 0 Å². The quantitative estimate of drug-likeness (QED) is 0.815. The molecule has 0 saturated carbocycles. The smallest absolute Gasteiger partial charge is 0.390 e. The van der Waals surface area contributed by atoms with Gasteiger partial charge in [-0.1, -0.05) is 18.2 Å². The first-order valence-electron chi connectivity index (χ1n) is 7.44. The van der Waals surface area contributed by atoms with Crippen LogP contribution >= 0.6 is 0 Å². The highest BCUT2D eigenvalue weighted by molar-refractivity contribution is 5.42. The van der Waals surface area contributed by atoms with Crippen LogP contribution in [0.4, 0.5) is 13.2 Å². The normalized spacial score (nSPS) is 12.7. The number of hydrogen-bond donors (Lipinski definition) is 1. The van der Waals surface area contributed by atoms with Crippen molar-refractivity contribution in [2.75, 3.05) is 7.11 Å². The SMILES string of the molecule is COc1ccccc1Oc1ncccc1CNC(C)CC(F)(F)F. The maximum Gasteiger partial charge on any atom is 0.390 e. The molecule has 0 aliphatic heterocycles. The average Bonchev–Trinajstić information content (AvgIpc) is 2.53. The maximum atomic E-state index is 12.4. The van der Waals surface area contributed by atoms with E-state index in [1.807, 2.05) is 6.07 Å². The number of benzene rings is 1. The van der Waals surface area contributed by atoms with Crippen molar-refractivity contribution in [3.05, 3.63) is 48.2 Å². The van der Waals surface area contributed by atoms with E-state index in [0.717, 1.165) is 0 Å². The summed E-state index contributed by atoms with van der Waals surface area (Å²) in [6.45, 7) is 1.71. The summed E-state index contributed by atoms with van der Waals surface area (Å²) in [6, 6.07) is 9.85. The molecule has 1 heterocycles. The Labute approximate surface area is 138 Å². The van der Waals surface area contributed by atoms with E-state index in [1.54, 1.807) is 36.5 Å². The van der Waals surface area contributed by atoms with Crippen molar-refractivity contribution in [2.45, 2.75) is 32.1 Å². The van der Waals surface area contributed by atoms with Crippen molar-refractivity contribution in [3.8, 4) is 17.4 Å². The van der Waals surface area contributed by atoms with Gasteiger partial charge < -0.3 is 14.8 Å². The molecule has 1 aromatic carbocycles. The van der Waals surface area contributed by atoms with E-state index in [1.165, 1.54) is 14.0 Å². The van der Waals surface area contributed by atoms with E-state index in [9.17, 15) is 13.2 Å². The van der Waals surface area contributed by atoms with Gasteiger partial charge in [0.2, 0.25) is 5.88 Å². The molecule has 1 aromatic heterocycles. The molecule has 2 aromatic rings. The van der Waals surface area contributed by atoms with Crippen LogP contribution < -0.4 is 14.8 Å². The van der Waals surface area contributed by atoms with Crippen LogP contribution in [0.25, 0.3) is 0 Å². The minimum Gasteiger partial charge on any atom is -0.493 e. The number of ether oxygens (including phenoxy) is 2. The Kier molecular flexibility index (Phi) is 6.03. The summed E-state index contributed by atoms with van der Waals surface area (Å²) in [5, 5.41) is 2.84. The summed E-state index contributed by atoms with van der Waals surface area (Å²) in [4.78, 5) is 4.16. The fourth-order valence-corrected chi connectivity index (χ4v) is 2.16. The molecule has 0 bridgehead atoms. The van der Waals surface area contributed by atoms with Gasteiger partial charge in [0.1, 0.15) is 0 Å². The Morgan fingerprint density at radius 2 is 1.83 bits per heavy atom. The highest BCUT2D eigenvalue weighted by Gasteiger charge is 2.29. The second-order valence-corrected chi connectivity index (χ2v) is 5.32. The Balaban J connectivity index is 2.07. The molecule has 1 atom stereocenters. The molecule has 2 rings (SSSR count). The Bertz CT molecular complexity index is 662. The number of pyridine rings is 1. The van der Waals surface area contributed by atoms with E-state index >= 15 is 0 Å². The number of hydrogen-bond acceptors (Lipinski definition) is 4. The van der Waals surface area contributed by atoms with Crippen molar-refractivity contribution in [2.24, 2.45) is 0 Å². The fourth-order valence-electron chi connectivity index (χ4n) is 2.16. The minimum absolute atomic E-state index is 0.218. The van der Waals surface area contributed by atoms with Gasteiger partial charge in [0.05, 0.1) is 13.5 Å². The Hall–Kier alpha value is -2.28. The van der Waals surface area contributed by atoms with Gasteiger partial charge >= 0.3 is 6.18 Å². The second kappa shape index (κ2) is 8.01. The molecule has 0 spiro atoms. The second-order valence-electron chi connectivity index (χ2n) is 5.32. The molecule has 7 heteroatoms. The standard InChI is InChI=1S/C17H19F3N2O2/c1-12(10-17(18,19)20)22-11-13-6-5-9-21-16(13)24-15-8-4-3-7-14(15)23-2/h3-9,12,22H,10-11H2,1-2H3. The fraction of sp³-hybridized carbons (Fsp3) is 0.353. The van der Waals surface area contributed by atoms with Gasteiger partial charge in [0, 0.05) is 24.3 Å². The molecule has 0 fully saturated rings. The van der Waals surface area contributed by atoms with Crippen LogP contribution in [0.3, 0.4) is 0 Å². The summed E-state index contributed by atoms with van der Waals surface area (Å²) >= 11 is 0. The molecule has 0 amide bonds. The molecule has 0 aliphatic carbocycles. The molecular formula is C17H19F3N2O2. The van der Waals surface area contributed by atoms with E-state index in [2.05, 4.69) is 10.3 Å². The summed E-state index contributed by atoms with van der Waals surface area (Å²) < 4.78 is 48.2. The van der Waals surface area contributed by atoms with E-state index in [0.29, 0.717) is 22.9 Å². The molecule has 130 valence electrons. The Morgan fingerprint density at radius 1 is 1.12 bits per heavy atom. The highest BCUT2D eigenvalue weighted by Crippen LogP contribution is 2.31. The van der Waals surface area contributed by atoms with Crippen molar-refractivity contribution >= 4 is 0 Å². The first-order valence-corrected chi connectivity index (χ1v) is 7.44. The number of aromatic nitrogens is 1. The monoisotopic (exact) mass is 340 g/mol. The highest BCUT2D eigenvalue weighted by atomic mass is 19.4. The number of alkyl halides is 3. The first-order chi connectivity index (χ1) is 11.4. The molecule has 0 radical (unpaired) electrons. The number of para-hydroxylation sites is 2. The van der Waals surface area contributed by atoms with Gasteiger partial charge in [-0.05, 0) is 25.1 Å². The van der Waals surface area contributed by atoms with Crippen LogP contribution in [-0.4, -0.2) is 24.3 Å². The first kappa shape index (κ1) is 18.1. The third-order valence-electron chi connectivity index (χ3n) is 3.30. The van der Waals surface area contributed by atoms with Crippen molar-refractivity contribution < 1.29 is 22.6 Å². The average molecular weight is 340 g/mol. The molecule has 1 N–H and O–H groups in total. The molecule has 1 unspecified atom stereocenters. The third kappa shape index (κ3) is 5.42. The molecular weight excluding hydrogens is 321 g/mol. The zero-order chi connectivity index (χ0) is 17.6. The van der Waals surface area contributed by atoms with Gasteiger partial charge in [-0.2, -0.15) is 13.2 Å². The maximum absolute atomic E-state index is 12.4. The summed E-state index contributed by atoms with van der Waals surface area (Å²) in [5.41, 5.74) is 0.664. The zero-order valence-corrected chi connectivity index (χ0v) is 13.4. The van der Waals surface area contributed by atoms with Gasteiger partial charge in [0.25, 0.3) is 0 Å². The van der Waals surface area contributed by atoms with Gasteiger partial charge in [-0.3, -0.25) is 0 Å². The van der Waals surface area contributed by atoms with Gasteiger partial charge in [0.15, 0.2) is 11.5 Å². The van der Waals surface area contributed by atoms with Crippen LogP contribution in [-0.2, 0) is 6.54 Å². The lowest BCUT2D eigenvalue weighted by molar-refractivity contribution is -0.139. The summed E-state index contributed by atoms with van der Waals surface area (Å²) in [6.07, 6.45) is -3.53. The largest absolute Gasteiger partial charge is 0.493 e. The number of nitrogens with zero attached hydrogens (tertiary/aromatic N) is 1. The zero-order valence-electron chi connectivity index (χ0n) is 13.4. The Morgan fingerprint density at radius 3 is 2.50 bits per heavy atom. The predicted octanol–water partition coefficient (Wildman–Crippen LogP) is 4.31. The molecule has 0 aliphatic rings. The van der Waals surface area contributed by atoms with Crippen molar-refractivity contribution in [3.63, 3.8) is 0 Å². The summed E-state index contributed by atoms with van der Waals surface area (Å²) in [5.74, 6) is 1.37. The number of nitrogens with one attached hydrogen (secondary N) is 1. The number of rotatable bonds is 7. The topological polar surface area (TPSA) is 43.4 Å². The van der Waals surface area contributed by atoms with Gasteiger partial charge in [-0.25, -0.2) is 4.98 Å². The van der Waals surface area contributed by atoms with Crippen molar-refractivity contribution in [1.29, 1.82) is 0 Å². The number of methoxy groups -OCH3 is 1. The van der Waals surface area contributed by atoms with Crippen LogP contribution in [0.15, 0.2) is 42.6 Å². The van der Waals surface area contributed by atoms with E-state index in [-0.39, 0.29) is 6.54 Å². The lowest BCUT2D eigenvalue weighted by atomic mass is 10.2. The van der Waals surface area contributed by atoms with Crippen molar-refractivity contribution in [1.82, 2.24) is 10.3 Å². The van der Waals surface area contributed by atoms with Crippen LogP contribution in [0.5, 0.6) is 17.4 Å². The third-order valence-corrected chi connectivity index (χ3v) is 3.30. The lowest BCUT2D eigenvalue weighted by Gasteiger charge is -2.17. The van der Waals surface area contributed by atoms with Crippen LogP contribution in [0, 0.1) is 0 Å². The summed E-state index contributed by atoms with van der Waals surface area (Å²) in [7, 11) is 1.53. The van der Waals surface area contributed by atoms with E-state index in [4.69, 9.17) is 9.47 Å². The van der Waals surface area contributed by atoms with Crippen LogP contribution in [0.1, 0.15) is 18.9 Å². The lowest BCUT2D eigenvalue weighted by Crippen LogP contribution is -2.30. The predicted molar refractivity (Wildman–Crippen MR) is 84.3 cm³/mol. The van der Waals surface area contributed by atoms with Gasteiger partial charge in [-0.15, -0.1) is 0 Å². The molecule has 0 saturated heterocycles. The number of halogens is 3. The molecule has 4 nitrogen and oxygen atoms in total.